The van der Waals surface area contributed by atoms with Crippen molar-refractivity contribution in [1.82, 2.24) is 60.4 Å². The van der Waals surface area contributed by atoms with E-state index in [1.807, 2.05) is 202 Å². The Morgan fingerprint density at radius 1 is 0.406 bits per heavy atom. The zero-order chi connectivity index (χ0) is 95.4. The molecule has 16 rings (SSSR count). The van der Waals surface area contributed by atoms with Gasteiger partial charge >= 0.3 is 0 Å². The summed E-state index contributed by atoms with van der Waals surface area (Å²) in [5, 5.41) is 29.9. The Bertz CT molecular complexity index is 6510. The standard InChI is InChI=1S/C27H33N5O3.C25H21F2N5O2.C25H29N5O3.C23H25N5O3/c1-16-8-6-7-9-19(16)25(34)30-15-17-10-12-18(13-11-17)22-21(24(29)33)23(28)32(31-22)20-14-26(2,3)35-27(20,4)5;1-14-5-2-3-6-17(14)25(34)30-13-15-9-11-16(12-10-15)22-20(24(29)33)23(28)32(31-22)19-8-4-7-18(26)21(19)27;1-15-5-3-4-6-20(15)25(32)28-14-17-7-9-18(10-8-17)22-21(24(27)31)23(26)30(29-22)19-11-12-33-16(2)13-19;1-14-4-2-3-5-18(14)23(30)26-12-15-6-8-16(9-7-15)20-19(22(25)29)21(24)28(27-20)17-10-11-31-13-17/h6-13,20H,14-15,28H2,1-5H3,(H2,29,33)(H,30,34);2-12H,13,28H2,1H3,(H2,29,33)(H,30,34);3-10,16,19H,11-14,26H2,1-2H3,(H2,27,31)(H,28,32);2-9,17H,10-13,24H2,1H3,(H2,25,29)(H,26,30). The van der Waals surface area contributed by atoms with E-state index in [0.29, 0.717) is 96.3 Å². The monoisotopic (exact) mass is 1800 g/mol. The van der Waals surface area contributed by atoms with Gasteiger partial charge in [0.1, 0.15) is 74.0 Å². The van der Waals surface area contributed by atoms with Crippen molar-refractivity contribution >= 4 is 70.5 Å². The first-order chi connectivity index (χ1) is 63.5. The van der Waals surface area contributed by atoms with Gasteiger partial charge in [-0.25, -0.2) is 27.5 Å². The SMILES string of the molecule is Cc1ccccc1C(=O)NCc1ccc(-c2nn(-c3cccc(F)c3F)c(N)c2C(N)=O)cc1.Cc1ccccc1C(=O)NCc1ccc(-c2nn(C3CC(C)(C)OC3(C)C)c(N)c2C(N)=O)cc1.Cc1ccccc1C(=O)NCc1ccc(-c2nn(C3CCOC(C)C3)c(N)c2C(N)=O)cc1.Cc1ccccc1C(=O)NCc1ccc(-c2nn(C3CCOC3)c(N)c2C(N)=O)cc1. The fourth-order valence-electron chi connectivity index (χ4n) is 16.6. The smallest absolute Gasteiger partial charge is 0.254 e. The van der Waals surface area contributed by atoms with Crippen LogP contribution < -0.4 is 67.1 Å². The number of hydrogen-bond acceptors (Lipinski definition) is 19. The zero-order valence-electron chi connectivity index (χ0n) is 75.2. The Balaban J connectivity index is 0.000000151. The van der Waals surface area contributed by atoms with Gasteiger partial charge in [0.25, 0.3) is 47.3 Å². The predicted molar refractivity (Wildman–Crippen MR) is 504 cm³/mol. The number of ether oxygens (including phenoxy) is 3. The van der Waals surface area contributed by atoms with E-state index in [9.17, 15) is 47.1 Å². The number of carbonyl (C=O) groups excluding carboxylic acids is 8. The van der Waals surface area contributed by atoms with Gasteiger partial charge in [-0.1, -0.05) is 176 Å². The molecule has 20 N–H and O–H groups in total. The third-order valence-corrected chi connectivity index (χ3v) is 23.6. The number of primary amides is 4. The highest BCUT2D eigenvalue weighted by Gasteiger charge is 2.49. The first kappa shape index (κ1) is 95.1. The van der Waals surface area contributed by atoms with Gasteiger partial charge in [-0.05, 0) is 162 Å². The maximum absolute atomic E-state index is 14.3. The van der Waals surface area contributed by atoms with Crippen LogP contribution in [0.25, 0.3) is 50.7 Å². The third-order valence-electron chi connectivity index (χ3n) is 23.6. The normalized spacial score (nSPS) is 15.8. The Kier molecular flexibility index (Phi) is 29.4. The Labute approximate surface area is 767 Å². The van der Waals surface area contributed by atoms with E-state index in [1.54, 1.807) is 68.6 Å². The minimum absolute atomic E-state index is 0.0113. The lowest BCUT2D eigenvalue weighted by Crippen LogP contribution is -2.32. The van der Waals surface area contributed by atoms with Crippen molar-refractivity contribution in [2.45, 2.75) is 150 Å². The minimum atomic E-state index is -1.15. The number of anilines is 4. The molecule has 0 bridgehead atoms. The van der Waals surface area contributed by atoms with Crippen molar-refractivity contribution in [3.63, 3.8) is 0 Å². The lowest BCUT2D eigenvalue weighted by Gasteiger charge is -2.28. The Morgan fingerprint density at radius 2 is 0.729 bits per heavy atom. The largest absolute Gasteiger partial charge is 0.383 e. The summed E-state index contributed by atoms with van der Waals surface area (Å²) >= 11 is 0. The van der Waals surface area contributed by atoms with Crippen LogP contribution in [0.5, 0.6) is 0 Å². The number of rotatable bonds is 24. The average molecular weight is 1800 g/mol. The Morgan fingerprint density at radius 3 is 1.05 bits per heavy atom. The molecule has 133 heavy (non-hydrogen) atoms. The van der Waals surface area contributed by atoms with E-state index >= 15 is 0 Å². The maximum atomic E-state index is 14.3. The second-order valence-corrected chi connectivity index (χ2v) is 34.1. The number of nitrogens with zero attached hydrogens (tertiary/aromatic N) is 8. The summed E-state index contributed by atoms with van der Waals surface area (Å²) in [4.78, 5) is 98.5. The van der Waals surface area contributed by atoms with Crippen LogP contribution in [0.15, 0.2) is 212 Å². The predicted octanol–water partition coefficient (Wildman–Crippen LogP) is 13.4. The van der Waals surface area contributed by atoms with Crippen LogP contribution in [0.1, 0.15) is 206 Å². The van der Waals surface area contributed by atoms with Gasteiger partial charge in [0.15, 0.2) is 11.6 Å². The highest BCUT2D eigenvalue weighted by atomic mass is 19.2. The lowest BCUT2D eigenvalue weighted by molar-refractivity contribution is -0.0736. The number of amides is 8. The summed E-state index contributed by atoms with van der Waals surface area (Å²) in [6, 6.07) is 62.4. The molecule has 4 atom stereocenters. The van der Waals surface area contributed by atoms with Crippen molar-refractivity contribution in [3.05, 3.63) is 313 Å². The number of halogens is 2. The van der Waals surface area contributed by atoms with Gasteiger partial charge in [0.05, 0.1) is 42.0 Å². The molecule has 4 unspecified atom stereocenters. The highest BCUT2D eigenvalue weighted by Crippen LogP contribution is 2.47. The number of benzene rings is 9. The van der Waals surface area contributed by atoms with E-state index < -0.39 is 40.9 Å². The molecule has 4 aromatic heterocycles. The molecule has 0 saturated carbocycles. The van der Waals surface area contributed by atoms with Crippen molar-refractivity contribution in [2.24, 2.45) is 22.9 Å². The van der Waals surface area contributed by atoms with Crippen LogP contribution in [-0.2, 0) is 40.4 Å². The Hall–Kier alpha value is -15.5. The molecule has 688 valence electrons. The van der Waals surface area contributed by atoms with Crippen molar-refractivity contribution in [2.75, 3.05) is 42.8 Å². The molecular weight excluding hydrogens is 1700 g/mol. The van der Waals surface area contributed by atoms with Gasteiger partial charge in [-0.15, -0.1) is 0 Å². The summed E-state index contributed by atoms with van der Waals surface area (Å²) in [6.07, 6.45) is 3.12. The molecule has 9 aromatic carbocycles. The molecule has 0 radical (unpaired) electrons. The first-order valence-corrected chi connectivity index (χ1v) is 43.3. The average Bonchev–Trinajstić information content (AvgIpc) is 1.55. The summed E-state index contributed by atoms with van der Waals surface area (Å²) in [5.74, 6) is -4.93. The number of carbonyl (C=O) groups is 8. The lowest BCUT2D eigenvalue weighted by atomic mass is 9.94. The number of hydrogen-bond donors (Lipinski definition) is 12. The van der Waals surface area contributed by atoms with E-state index in [0.717, 1.165) is 85.6 Å². The second-order valence-electron chi connectivity index (χ2n) is 34.1. The quantitative estimate of drug-likeness (QED) is 0.0267. The maximum Gasteiger partial charge on any atom is 0.254 e. The van der Waals surface area contributed by atoms with E-state index in [1.165, 1.54) is 12.1 Å². The summed E-state index contributed by atoms with van der Waals surface area (Å²) < 4.78 is 51.3. The van der Waals surface area contributed by atoms with Crippen LogP contribution in [0.2, 0.25) is 0 Å². The van der Waals surface area contributed by atoms with Crippen molar-refractivity contribution in [3.8, 4) is 50.7 Å². The van der Waals surface area contributed by atoms with E-state index in [-0.39, 0.29) is 117 Å². The molecule has 0 aliphatic carbocycles. The molecule has 33 heteroatoms. The molecule has 8 amide bonds. The molecule has 3 aliphatic heterocycles. The van der Waals surface area contributed by atoms with Gasteiger partial charge in [-0.2, -0.15) is 20.4 Å². The fraction of sp³-hybridized carbons (Fsp3) is 0.260. The third kappa shape index (κ3) is 21.8. The van der Waals surface area contributed by atoms with Gasteiger partial charge in [0, 0.05) is 90.3 Å². The molecule has 3 saturated heterocycles. The summed E-state index contributed by atoms with van der Waals surface area (Å²) in [6.45, 7) is 20.8. The fourth-order valence-corrected chi connectivity index (χ4v) is 16.6. The van der Waals surface area contributed by atoms with Crippen molar-refractivity contribution < 1.29 is 61.3 Å². The number of aromatic nitrogens is 8. The molecule has 3 fully saturated rings. The highest BCUT2D eigenvalue weighted by molar-refractivity contribution is 6.06. The molecule has 7 heterocycles. The zero-order valence-corrected chi connectivity index (χ0v) is 75.2. The number of nitrogens with two attached hydrogens (primary N) is 8. The van der Waals surface area contributed by atoms with Crippen LogP contribution in [0.3, 0.4) is 0 Å². The van der Waals surface area contributed by atoms with Crippen LogP contribution in [0, 0.1) is 39.3 Å². The van der Waals surface area contributed by atoms with Crippen LogP contribution in [-0.4, -0.2) is 124 Å². The first-order valence-electron chi connectivity index (χ1n) is 43.3. The minimum Gasteiger partial charge on any atom is -0.383 e. The second kappa shape index (κ2) is 41.1. The van der Waals surface area contributed by atoms with Gasteiger partial charge < -0.3 is 81.3 Å². The van der Waals surface area contributed by atoms with Crippen LogP contribution in [0.4, 0.5) is 32.1 Å². The number of nitrogen functional groups attached to an aromatic ring is 4. The summed E-state index contributed by atoms with van der Waals surface area (Å²) in [5.41, 5.74) is 60.8. The van der Waals surface area contributed by atoms with E-state index in [4.69, 9.17) is 65.2 Å². The molecule has 3 aliphatic rings. The molecular formula is C100H108F2N20O11. The van der Waals surface area contributed by atoms with Crippen molar-refractivity contribution in [1.29, 1.82) is 0 Å². The van der Waals surface area contributed by atoms with Gasteiger partial charge in [-0.3, -0.25) is 38.4 Å². The molecule has 0 spiro atoms. The number of nitrogens with one attached hydrogen (secondary N) is 4. The van der Waals surface area contributed by atoms with E-state index in [2.05, 4.69) is 36.6 Å². The number of aryl methyl sites for hydroxylation is 4. The summed E-state index contributed by atoms with van der Waals surface area (Å²) in [7, 11) is 0. The molecule has 31 nitrogen and oxygen atoms in total. The van der Waals surface area contributed by atoms with Gasteiger partial charge in [0.2, 0.25) is 0 Å². The van der Waals surface area contributed by atoms with Crippen LogP contribution >= 0.6 is 0 Å². The molecule has 13 aromatic rings. The topological polar surface area (TPSA) is 492 Å².